The average molecular weight is 416 g/mol. The monoisotopic (exact) mass is 416 g/mol. The number of methoxy groups -OCH3 is 1. The fourth-order valence-electron chi connectivity index (χ4n) is 2.37. The summed E-state index contributed by atoms with van der Waals surface area (Å²) in [4.78, 5) is 12.2. The largest absolute Gasteiger partial charge is 0.416 e. The van der Waals surface area contributed by atoms with Gasteiger partial charge in [0.25, 0.3) is 5.91 Å². The van der Waals surface area contributed by atoms with Crippen LogP contribution in [-0.2, 0) is 20.9 Å². The number of hydrogen-bond acceptors (Lipinski definition) is 4. The lowest BCUT2D eigenvalue weighted by Crippen LogP contribution is -2.27. The van der Waals surface area contributed by atoms with E-state index in [0.717, 1.165) is 12.1 Å². The lowest BCUT2D eigenvalue weighted by Gasteiger charge is -2.13. The van der Waals surface area contributed by atoms with Crippen molar-refractivity contribution in [2.45, 2.75) is 18.0 Å². The molecule has 10 heteroatoms. The Morgan fingerprint density at radius 3 is 2.50 bits per heavy atom. The maximum Gasteiger partial charge on any atom is 0.416 e. The number of ether oxygens (including phenoxy) is 1. The quantitative estimate of drug-likeness (QED) is 0.679. The Kier molecular flexibility index (Phi) is 6.81. The van der Waals surface area contributed by atoms with E-state index in [1.807, 2.05) is 0 Å². The molecule has 0 aliphatic carbocycles. The van der Waals surface area contributed by atoms with Crippen molar-refractivity contribution in [3.8, 4) is 0 Å². The van der Waals surface area contributed by atoms with Crippen molar-refractivity contribution in [3.63, 3.8) is 0 Å². The zero-order valence-electron chi connectivity index (χ0n) is 15.1. The van der Waals surface area contributed by atoms with Crippen molar-refractivity contribution in [1.82, 2.24) is 4.72 Å². The van der Waals surface area contributed by atoms with Crippen molar-refractivity contribution in [1.29, 1.82) is 0 Å². The first-order chi connectivity index (χ1) is 13.0. The number of anilines is 1. The average Bonchev–Trinajstić information content (AvgIpc) is 2.62. The van der Waals surface area contributed by atoms with Crippen LogP contribution < -0.4 is 10.0 Å². The van der Waals surface area contributed by atoms with E-state index in [9.17, 15) is 26.4 Å². The molecule has 2 N–H and O–H groups in total. The zero-order valence-corrected chi connectivity index (χ0v) is 15.9. The second kappa shape index (κ2) is 8.72. The highest BCUT2D eigenvalue weighted by molar-refractivity contribution is 7.89. The number of aryl methyl sites for hydroxylation is 1. The summed E-state index contributed by atoms with van der Waals surface area (Å²) in [6.45, 7) is 1.55. The van der Waals surface area contributed by atoms with Crippen LogP contribution in [0.15, 0.2) is 47.4 Å². The van der Waals surface area contributed by atoms with Crippen LogP contribution in [0, 0.1) is 6.92 Å². The highest BCUT2D eigenvalue weighted by Gasteiger charge is 2.32. The minimum atomic E-state index is -4.55. The molecule has 1 amide bonds. The first kappa shape index (κ1) is 21.9. The van der Waals surface area contributed by atoms with Crippen molar-refractivity contribution in [2.24, 2.45) is 0 Å². The van der Waals surface area contributed by atoms with Gasteiger partial charge in [-0.25, -0.2) is 13.1 Å². The van der Waals surface area contributed by atoms with Crippen molar-refractivity contribution in [2.75, 3.05) is 25.6 Å². The molecular weight excluding hydrogens is 397 g/mol. The molecule has 0 atom stereocenters. The molecule has 0 aromatic heterocycles. The van der Waals surface area contributed by atoms with Gasteiger partial charge in [-0.1, -0.05) is 12.1 Å². The summed E-state index contributed by atoms with van der Waals surface area (Å²) in [5.74, 6) is -0.731. The lowest BCUT2D eigenvalue weighted by molar-refractivity contribution is -0.138. The number of carbonyl (C=O) groups excluding carboxylic acids is 1. The molecule has 0 unspecified atom stereocenters. The molecule has 0 heterocycles. The summed E-state index contributed by atoms with van der Waals surface area (Å²) in [5.41, 5.74) is -0.886. The first-order valence-corrected chi connectivity index (χ1v) is 9.61. The summed E-state index contributed by atoms with van der Waals surface area (Å²) in [6, 6.07) is 8.61. The summed E-state index contributed by atoms with van der Waals surface area (Å²) in [6.07, 6.45) is -4.55. The molecule has 0 saturated heterocycles. The van der Waals surface area contributed by atoms with Crippen LogP contribution in [0.5, 0.6) is 0 Å². The smallest absolute Gasteiger partial charge is 0.383 e. The second-order valence-electron chi connectivity index (χ2n) is 5.90. The van der Waals surface area contributed by atoms with Gasteiger partial charge in [0.05, 0.1) is 17.1 Å². The Morgan fingerprint density at radius 2 is 1.86 bits per heavy atom. The SMILES string of the molecule is COCCNS(=O)(=O)c1cccc(C(=O)Nc2ccc(C)c(C(F)(F)F)c2)c1. The summed E-state index contributed by atoms with van der Waals surface area (Å²) in [7, 11) is -2.43. The summed E-state index contributed by atoms with van der Waals surface area (Å²) >= 11 is 0. The molecule has 6 nitrogen and oxygen atoms in total. The third kappa shape index (κ3) is 5.54. The van der Waals surface area contributed by atoms with Gasteiger partial charge < -0.3 is 10.1 Å². The minimum Gasteiger partial charge on any atom is -0.383 e. The van der Waals surface area contributed by atoms with Gasteiger partial charge in [0.15, 0.2) is 0 Å². The molecule has 0 radical (unpaired) electrons. The summed E-state index contributed by atoms with van der Waals surface area (Å²) < 4.78 is 70.5. The summed E-state index contributed by atoms with van der Waals surface area (Å²) in [5, 5.41) is 2.35. The van der Waals surface area contributed by atoms with Crippen LogP contribution in [-0.4, -0.2) is 34.6 Å². The second-order valence-corrected chi connectivity index (χ2v) is 7.67. The number of hydrogen-bond donors (Lipinski definition) is 2. The Morgan fingerprint density at radius 1 is 1.14 bits per heavy atom. The maximum absolute atomic E-state index is 13.0. The molecule has 0 spiro atoms. The number of halogens is 3. The maximum atomic E-state index is 13.0. The standard InChI is InChI=1S/C18H19F3N2O4S/c1-12-6-7-14(11-16(12)18(19,20)21)23-17(24)13-4-3-5-15(10-13)28(25,26)22-8-9-27-2/h3-7,10-11,22H,8-9H2,1-2H3,(H,23,24). The van der Waals surface area contributed by atoms with Crippen LogP contribution in [0.2, 0.25) is 0 Å². The molecule has 2 aromatic rings. The molecule has 152 valence electrons. The van der Waals surface area contributed by atoms with Crippen LogP contribution in [0.25, 0.3) is 0 Å². The fourth-order valence-corrected chi connectivity index (χ4v) is 3.43. The third-order valence-corrected chi connectivity index (χ3v) is 5.26. The molecule has 0 saturated carbocycles. The molecule has 2 aromatic carbocycles. The normalized spacial score (nSPS) is 12.0. The molecule has 0 fully saturated rings. The molecule has 28 heavy (non-hydrogen) atoms. The van der Waals surface area contributed by atoms with Gasteiger partial charge in [-0.15, -0.1) is 0 Å². The number of amides is 1. The highest BCUT2D eigenvalue weighted by atomic mass is 32.2. The van der Waals surface area contributed by atoms with Gasteiger partial charge >= 0.3 is 6.18 Å². The topological polar surface area (TPSA) is 84.5 Å². The van der Waals surface area contributed by atoms with Crippen molar-refractivity contribution >= 4 is 21.6 Å². The van der Waals surface area contributed by atoms with E-state index in [0.29, 0.717) is 0 Å². The Balaban J connectivity index is 2.22. The molecule has 2 rings (SSSR count). The fraction of sp³-hybridized carbons (Fsp3) is 0.278. The van der Waals surface area contributed by atoms with Crippen LogP contribution in [0.3, 0.4) is 0 Å². The Labute approximate surface area is 160 Å². The molecule has 0 aliphatic heterocycles. The van der Waals surface area contributed by atoms with E-state index in [4.69, 9.17) is 4.74 Å². The van der Waals surface area contributed by atoms with Gasteiger partial charge in [-0.2, -0.15) is 13.2 Å². The Bertz CT molecular complexity index is 960. The first-order valence-electron chi connectivity index (χ1n) is 8.12. The number of alkyl halides is 3. The third-order valence-electron chi connectivity index (χ3n) is 3.81. The van der Waals surface area contributed by atoms with Gasteiger partial charge in [0.1, 0.15) is 0 Å². The van der Waals surface area contributed by atoms with Gasteiger partial charge in [0.2, 0.25) is 10.0 Å². The molecule has 0 aliphatic rings. The number of rotatable bonds is 7. The van der Waals surface area contributed by atoms with Crippen LogP contribution in [0.1, 0.15) is 21.5 Å². The molecule has 0 bridgehead atoms. The predicted molar refractivity (Wildman–Crippen MR) is 97.6 cm³/mol. The van der Waals surface area contributed by atoms with E-state index in [1.165, 1.54) is 44.4 Å². The van der Waals surface area contributed by atoms with Gasteiger partial charge in [-0.3, -0.25) is 4.79 Å². The van der Waals surface area contributed by atoms with E-state index in [1.54, 1.807) is 0 Å². The number of benzene rings is 2. The van der Waals surface area contributed by atoms with Crippen molar-refractivity contribution in [3.05, 3.63) is 59.2 Å². The van der Waals surface area contributed by atoms with Gasteiger partial charge in [-0.05, 0) is 42.8 Å². The number of sulfonamides is 1. The van der Waals surface area contributed by atoms with E-state index in [2.05, 4.69) is 10.0 Å². The number of carbonyl (C=O) groups is 1. The predicted octanol–water partition coefficient (Wildman–Crippen LogP) is 3.19. The van der Waals surface area contributed by atoms with E-state index >= 15 is 0 Å². The molecular formula is C18H19F3N2O4S. The Hall–Kier alpha value is -2.43. The van der Waals surface area contributed by atoms with Crippen LogP contribution >= 0.6 is 0 Å². The highest BCUT2D eigenvalue weighted by Crippen LogP contribution is 2.33. The lowest BCUT2D eigenvalue weighted by atomic mass is 10.1. The number of nitrogens with one attached hydrogen (secondary N) is 2. The minimum absolute atomic E-state index is 0.0104. The van der Waals surface area contributed by atoms with E-state index < -0.39 is 27.7 Å². The van der Waals surface area contributed by atoms with Crippen LogP contribution in [0.4, 0.5) is 18.9 Å². The zero-order chi connectivity index (χ0) is 20.9. The van der Waals surface area contributed by atoms with E-state index in [-0.39, 0.29) is 34.9 Å². The van der Waals surface area contributed by atoms with Gasteiger partial charge in [0, 0.05) is 24.9 Å². The van der Waals surface area contributed by atoms with Crippen molar-refractivity contribution < 1.29 is 31.1 Å².